The molecule has 0 bridgehead atoms. The lowest BCUT2D eigenvalue weighted by molar-refractivity contribution is 1.22. The minimum absolute atomic E-state index is 0.732. The van der Waals surface area contributed by atoms with Gasteiger partial charge >= 0.3 is 0 Å². The maximum atomic E-state index is 3.98. The van der Waals surface area contributed by atoms with Gasteiger partial charge in [0.1, 0.15) is 0 Å². The lowest BCUT2D eigenvalue weighted by Gasteiger charge is -1.84. The van der Waals surface area contributed by atoms with Gasteiger partial charge in [-0.3, -0.25) is 4.99 Å². The van der Waals surface area contributed by atoms with Crippen LogP contribution in [0.2, 0.25) is 0 Å². The van der Waals surface area contributed by atoms with Crippen molar-refractivity contribution in [2.75, 3.05) is 0 Å². The minimum atomic E-state index is 0.732. The van der Waals surface area contributed by atoms with Crippen molar-refractivity contribution in [1.29, 1.82) is 0 Å². The van der Waals surface area contributed by atoms with E-state index in [2.05, 4.69) is 31.2 Å². The SMILES string of the molecule is C=CC=NC(=C)/C=C\C=C/CC. The maximum Gasteiger partial charge on any atom is 0.0557 e. The summed E-state index contributed by atoms with van der Waals surface area (Å²) in [5.41, 5.74) is 0.732. The molecule has 0 aromatic heterocycles. The first-order valence-corrected chi connectivity index (χ1v) is 3.98. The van der Waals surface area contributed by atoms with Crippen molar-refractivity contribution in [3.05, 3.63) is 49.2 Å². The van der Waals surface area contributed by atoms with Crippen molar-refractivity contribution in [2.45, 2.75) is 13.3 Å². The van der Waals surface area contributed by atoms with E-state index >= 15 is 0 Å². The lowest BCUT2D eigenvalue weighted by atomic mass is 10.3. The highest BCUT2D eigenvalue weighted by molar-refractivity contribution is 5.71. The van der Waals surface area contributed by atoms with Gasteiger partial charge in [0.25, 0.3) is 0 Å². The predicted octanol–water partition coefficient (Wildman–Crippen LogP) is 3.28. The molecule has 0 saturated carbocycles. The molecule has 0 atom stereocenters. The molecule has 12 heavy (non-hydrogen) atoms. The zero-order valence-electron chi connectivity index (χ0n) is 7.53. The van der Waals surface area contributed by atoms with E-state index in [-0.39, 0.29) is 0 Å². The van der Waals surface area contributed by atoms with Crippen LogP contribution < -0.4 is 0 Å². The molecule has 0 rings (SSSR count). The van der Waals surface area contributed by atoms with E-state index in [1.807, 2.05) is 18.2 Å². The van der Waals surface area contributed by atoms with Crippen molar-refractivity contribution >= 4 is 6.21 Å². The Bertz CT molecular complexity index is 219. The Morgan fingerprint density at radius 2 is 2.17 bits per heavy atom. The zero-order chi connectivity index (χ0) is 9.23. The summed E-state index contributed by atoms with van der Waals surface area (Å²) in [7, 11) is 0. The molecule has 0 aliphatic carbocycles. The normalized spacial score (nSPS) is 11.8. The van der Waals surface area contributed by atoms with Crippen molar-refractivity contribution in [1.82, 2.24) is 0 Å². The van der Waals surface area contributed by atoms with Crippen LogP contribution in [0.15, 0.2) is 54.2 Å². The molecular formula is C11H15N. The van der Waals surface area contributed by atoms with E-state index in [0.717, 1.165) is 12.1 Å². The Morgan fingerprint density at radius 3 is 2.75 bits per heavy atom. The van der Waals surface area contributed by atoms with E-state index in [1.165, 1.54) is 0 Å². The molecule has 0 aromatic rings. The molecule has 0 heterocycles. The highest BCUT2D eigenvalue weighted by atomic mass is 14.7. The van der Waals surface area contributed by atoms with Gasteiger partial charge in [-0.1, -0.05) is 44.4 Å². The molecule has 1 nitrogen and oxygen atoms in total. The number of rotatable bonds is 5. The summed E-state index contributed by atoms with van der Waals surface area (Å²) in [6.07, 6.45) is 12.1. The fourth-order valence-corrected chi connectivity index (χ4v) is 0.573. The standard InChI is InChI=1S/C11H15N/c1-4-6-7-8-9-11(3)12-10-5-2/h5-10H,2-4H2,1H3/b7-6-,9-8-,12-10?. The summed E-state index contributed by atoms with van der Waals surface area (Å²) >= 11 is 0. The fourth-order valence-electron chi connectivity index (χ4n) is 0.573. The van der Waals surface area contributed by atoms with Gasteiger partial charge < -0.3 is 0 Å². The summed E-state index contributed by atoms with van der Waals surface area (Å²) in [4.78, 5) is 3.98. The van der Waals surface area contributed by atoms with Crippen LogP contribution in [0.3, 0.4) is 0 Å². The molecule has 0 saturated heterocycles. The Balaban J connectivity index is 3.83. The predicted molar refractivity (Wildman–Crippen MR) is 56.4 cm³/mol. The first kappa shape index (κ1) is 10.6. The Hall–Kier alpha value is -1.37. The molecule has 0 aromatic carbocycles. The van der Waals surface area contributed by atoms with Gasteiger partial charge in [-0.25, -0.2) is 0 Å². The van der Waals surface area contributed by atoms with E-state index in [4.69, 9.17) is 0 Å². The van der Waals surface area contributed by atoms with Gasteiger partial charge in [-0.15, -0.1) is 0 Å². The molecule has 64 valence electrons. The molecule has 0 aliphatic rings. The Kier molecular flexibility index (Phi) is 6.85. The minimum Gasteiger partial charge on any atom is -0.258 e. The molecule has 0 amide bonds. The first-order valence-electron chi connectivity index (χ1n) is 3.98. The van der Waals surface area contributed by atoms with Crippen molar-refractivity contribution in [2.24, 2.45) is 4.99 Å². The first-order chi connectivity index (χ1) is 5.81. The Labute approximate surface area is 74.5 Å². The number of allylic oxidation sites excluding steroid dienone is 5. The van der Waals surface area contributed by atoms with Crippen LogP contribution in [0.4, 0.5) is 0 Å². The molecular weight excluding hydrogens is 146 g/mol. The quantitative estimate of drug-likeness (QED) is 0.433. The van der Waals surface area contributed by atoms with Crippen LogP contribution in [-0.4, -0.2) is 6.21 Å². The molecule has 0 radical (unpaired) electrons. The molecule has 0 unspecified atom stereocenters. The molecule has 0 N–H and O–H groups in total. The highest BCUT2D eigenvalue weighted by Gasteiger charge is 1.75. The van der Waals surface area contributed by atoms with E-state index in [0.29, 0.717) is 0 Å². The third-order valence-corrected chi connectivity index (χ3v) is 1.12. The van der Waals surface area contributed by atoms with Crippen LogP contribution in [-0.2, 0) is 0 Å². The molecule has 0 fully saturated rings. The second kappa shape index (κ2) is 7.73. The number of hydrogen-bond donors (Lipinski definition) is 0. The fraction of sp³-hybridized carbons (Fsp3) is 0.182. The second-order valence-electron chi connectivity index (χ2n) is 2.20. The zero-order valence-corrected chi connectivity index (χ0v) is 7.53. The highest BCUT2D eigenvalue weighted by Crippen LogP contribution is 1.94. The smallest absolute Gasteiger partial charge is 0.0557 e. The summed E-state index contributed by atoms with van der Waals surface area (Å²) in [6, 6.07) is 0. The van der Waals surface area contributed by atoms with Gasteiger partial charge in [0, 0.05) is 6.21 Å². The van der Waals surface area contributed by atoms with Crippen molar-refractivity contribution in [3.8, 4) is 0 Å². The number of aliphatic imine (C=N–C) groups is 1. The Morgan fingerprint density at radius 1 is 1.42 bits per heavy atom. The van der Waals surface area contributed by atoms with Crippen molar-refractivity contribution < 1.29 is 0 Å². The topological polar surface area (TPSA) is 12.4 Å². The summed E-state index contributed by atoms with van der Waals surface area (Å²) in [5, 5.41) is 0. The van der Waals surface area contributed by atoms with Gasteiger partial charge in [-0.2, -0.15) is 0 Å². The van der Waals surface area contributed by atoms with Crippen LogP contribution in [0.5, 0.6) is 0 Å². The third kappa shape index (κ3) is 6.75. The maximum absolute atomic E-state index is 3.98. The van der Waals surface area contributed by atoms with Crippen LogP contribution in [0.25, 0.3) is 0 Å². The summed E-state index contributed by atoms with van der Waals surface area (Å²) in [5.74, 6) is 0. The average molecular weight is 161 g/mol. The van der Waals surface area contributed by atoms with Crippen LogP contribution in [0.1, 0.15) is 13.3 Å². The number of hydrogen-bond acceptors (Lipinski definition) is 1. The van der Waals surface area contributed by atoms with Crippen molar-refractivity contribution in [3.63, 3.8) is 0 Å². The largest absolute Gasteiger partial charge is 0.258 e. The van der Waals surface area contributed by atoms with E-state index in [1.54, 1.807) is 12.3 Å². The molecule has 0 aliphatic heterocycles. The van der Waals surface area contributed by atoms with Crippen LogP contribution in [0, 0.1) is 0 Å². The van der Waals surface area contributed by atoms with Gasteiger partial charge in [0.05, 0.1) is 5.70 Å². The summed E-state index contributed by atoms with van der Waals surface area (Å²) in [6.45, 7) is 9.33. The summed E-state index contributed by atoms with van der Waals surface area (Å²) < 4.78 is 0. The average Bonchev–Trinajstić information content (AvgIpc) is 2.09. The van der Waals surface area contributed by atoms with E-state index in [9.17, 15) is 0 Å². The van der Waals surface area contributed by atoms with Crippen LogP contribution >= 0.6 is 0 Å². The van der Waals surface area contributed by atoms with Gasteiger partial charge in [0.15, 0.2) is 0 Å². The van der Waals surface area contributed by atoms with Gasteiger partial charge in [-0.05, 0) is 12.5 Å². The monoisotopic (exact) mass is 161 g/mol. The molecule has 1 heteroatoms. The second-order valence-corrected chi connectivity index (χ2v) is 2.20. The lowest BCUT2D eigenvalue weighted by Crippen LogP contribution is -1.68. The number of nitrogens with zero attached hydrogens (tertiary/aromatic N) is 1. The third-order valence-electron chi connectivity index (χ3n) is 1.12. The molecule has 0 spiro atoms. The van der Waals surface area contributed by atoms with Gasteiger partial charge in [0.2, 0.25) is 0 Å². The van der Waals surface area contributed by atoms with E-state index < -0.39 is 0 Å².